The van der Waals surface area contributed by atoms with E-state index in [1.807, 2.05) is 30.0 Å². The fraction of sp³-hybridized carbons (Fsp3) is 0.294. The van der Waals surface area contributed by atoms with Gasteiger partial charge in [0.15, 0.2) is 5.96 Å². The van der Waals surface area contributed by atoms with Crippen LogP contribution in [-0.2, 0) is 6.54 Å². The Balaban J connectivity index is 0.00000288. The number of hydrogen-bond donors (Lipinski definition) is 2. The van der Waals surface area contributed by atoms with E-state index < -0.39 is 0 Å². The SMILES string of the molecule is CN=C(NCCSc1ccccc1)NCc1cccnc1OC.I. The summed E-state index contributed by atoms with van der Waals surface area (Å²) >= 11 is 1.82. The van der Waals surface area contributed by atoms with E-state index in [0.717, 1.165) is 23.8 Å². The Labute approximate surface area is 164 Å². The van der Waals surface area contributed by atoms with Gasteiger partial charge < -0.3 is 15.4 Å². The van der Waals surface area contributed by atoms with Crippen LogP contribution in [0.3, 0.4) is 0 Å². The van der Waals surface area contributed by atoms with Gasteiger partial charge in [-0.25, -0.2) is 4.98 Å². The molecule has 0 unspecified atom stereocenters. The lowest BCUT2D eigenvalue weighted by Gasteiger charge is -2.13. The van der Waals surface area contributed by atoms with E-state index in [9.17, 15) is 0 Å². The first-order chi connectivity index (χ1) is 11.3. The molecule has 0 saturated carbocycles. The molecule has 0 radical (unpaired) electrons. The zero-order chi connectivity index (χ0) is 16.3. The molecule has 2 N–H and O–H groups in total. The lowest BCUT2D eigenvalue weighted by atomic mass is 10.3. The Bertz CT molecular complexity index is 625. The molecule has 2 aromatic rings. The smallest absolute Gasteiger partial charge is 0.218 e. The van der Waals surface area contributed by atoms with Crippen LogP contribution < -0.4 is 15.4 Å². The molecule has 1 aromatic heterocycles. The fourth-order valence-electron chi connectivity index (χ4n) is 2.00. The van der Waals surface area contributed by atoms with Crippen LogP contribution >= 0.6 is 35.7 Å². The van der Waals surface area contributed by atoms with Crippen molar-refractivity contribution in [1.82, 2.24) is 15.6 Å². The Kier molecular flexibility index (Phi) is 10.3. The highest BCUT2D eigenvalue weighted by molar-refractivity contribution is 14.0. The number of guanidine groups is 1. The molecule has 130 valence electrons. The van der Waals surface area contributed by atoms with Crippen molar-refractivity contribution < 1.29 is 4.74 Å². The maximum absolute atomic E-state index is 5.24. The summed E-state index contributed by atoms with van der Waals surface area (Å²) < 4.78 is 5.24. The van der Waals surface area contributed by atoms with Crippen LogP contribution in [0.5, 0.6) is 5.88 Å². The predicted molar refractivity (Wildman–Crippen MR) is 112 cm³/mol. The van der Waals surface area contributed by atoms with Gasteiger partial charge in [0.2, 0.25) is 5.88 Å². The summed E-state index contributed by atoms with van der Waals surface area (Å²) in [4.78, 5) is 9.69. The maximum Gasteiger partial charge on any atom is 0.218 e. The van der Waals surface area contributed by atoms with Gasteiger partial charge in [-0.15, -0.1) is 35.7 Å². The molecule has 5 nitrogen and oxygen atoms in total. The number of halogens is 1. The number of rotatable bonds is 7. The Morgan fingerprint density at radius 1 is 1.17 bits per heavy atom. The number of thioether (sulfide) groups is 1. The first kappa shape index (κ1) is 20.6. The number of pyridine rings is 1. The van der Waals surface area contributed by atoms with Crippen molar-refractivity contribution >= 4 is 41.7 Å². The maximum atomic E-state index is 5.24. The lowest BCUT2D eigenvalue weighted by molar-refractivity contribution is 0.392. The first-order valence-corrected chi connectivity index (χ1v) is 8.42. The standard InChI is InChI=1S/C17H22N4OS.HI/c1-18-17(20-11-12-23-15-8-4-3-5-9-15)21-13-14-7-6-10-19-16(14)22-2;/h3-10H,11-13H2,1-2H3,(H2,18,20,21);1H. The van der Waals surface area contributed by atoms with Crippen LogP contribution in [0.2, 0.25) is 0 Å². The largest absolute Gasteiger partial charge is 0.481 e. The number of ether oxygens (including phenoxy) is 1. The molecule has 7 heteroatoms. The summed E-state index contributed by atoms with van der Waals surface area (Å²) in [6, 6.07) is 14.2. The van der Waals surface area contributed by atoms with Gasteiger partial charge in [0.1, 0.15) is 0 Å². The van der Waals surface area contributed by atoms with Gasteiger partial charge in [-0.3, -0.25) is 4.99 Å². The van der Waals surface area contributed by atoms with Crippen LogP contribution in [0.25, 0.3) is 0 Å². The van der Waals surface area contributed by atoms with Crippen LogP contribution in [0, 0.1) is 0 Å². The van der Waals surface area contributed by atoms with Crippen LogP contribution in [0.1, 0.15) is 5.56 Å². The number of aliphatic imine (C=N–C) groups is 1. The lowest BCUT2D eigenvalue weighted by Crippen LogP contribution is -2.38. The highest BCUT2D eigenvalue weighted by atomic mass is 127. The summed E-state index contributed by atoms with van der Waals surface area (Å²) in [7, 11) is 3.39. The number of nitrogens with zero attached hydrogens (tertiary/aromatic N) is 2. The molecule has 0 spiro atoms. The quantitative estimate of drug-likeness (QED) is 0.220. The number of aromatic nitrogens is 1. The fourth-order valence-corrected chi connectivity index (χ4v) is 2.79. The van der Waals surface area contributed by atoms with Crippen LogP contribution in [-0.4, -0.2) is 37.4 Å². The van der Waals surface area contributed by atoms with E-state index >= 15 is 0 Å². The highest BCUT2D eigenvalue weighted by Gasteiger charge is 2.04. The third-order valence-electron chi connectivity index (χ3n) is 3.12. The monoisotopic (exact) mass is 458 g/mol. The third-order valence-corrected chi connectivity index (χ3v) is 4.13. The number of benzene rings is 1. The zero-order valence-electron chi connectivity index (χ0n) is 13.9. The average Bonchev–Trinajstić information content (AvgIpc) is 2.62. The Morgan fingerprint density at radius 2 is 1.96 bits per heavy atom. The molecular weight excluding hydrogens is 435 g/mol. The minimum Gasteiger partial charge on any atom is -0.481 e. The molecule has 1 aromatic carbocycles. The van der Waals surface area contributed by atoms with Crippen molar-refractivity contribution in [3.05, 3.63) is 54.2 Å². The van der Waals surface area contributed by atoms with Crippen molar-refractivity contribution in [3.63, 3.8) is 0 Å². The van der Waals surface area contributed by atoms with Gasteiger partial charge >= 0.3 is 0 Å². The third kappa shape index (κ3) is 6.96. The summed E-state index contributed by atoms with van der Waals surface area (Å²) in [6.45, 7) is 1.45. The topological polar surface area (TPSA) is 58.5 Å². The second-order valence-electron chi connectivity index (χ2n) is 4.69. The van der Waals surface area contributed by atoms with Gasteiger partial charge in [0.25, 0.3) is 0 Å². The van der Waals surface area contributed by atoms with E-state index in [2.05, 4.69) is 44.9 Å². The van der Waals surface area contributed by atoms with Crippen LogP contribution in [0.15, 0.2) is 58.5 Å². The molecule has 0 amide bonds. The molecule has 0 atom stereocenters. The summed E-state index contributed by atoms with van der Waals surface area (Å²) in [5.74, 6) is 2.38. The van der Waals surface area contributed by atoms with E-state index in [0.29, 0.717) is 12.4 Å². The van der Waals surface area contributed by atoms with Crippen molar-refractivity contribution in [3.8, 4) is 5.88 Å². The van der Waals surface area contributed by atoms with E-state index in [1.165, 1.54) is 4.90 Å². The first-order valence-electron chi connectivity index (χ1n) is 7.43. The van der Waals surface area contributed by atoms with Gasteiger partial charge in [0.05, 0.1) is 7.11 Å². The van der Waals surface area contributed by atoms with Gasteiger partial charge in [-0.05, 0) is 18.2 Å². The molecule has 0 aliphatic rings. The number of nitrogens with one attached hydrogen (secondary N) is 2. The molecule has 0 fully saturated rings. The predicted octanol–water partition coefficient (Wildman–Crippen LogP) is 3.17. The molecular formula is C17H23IN4OS. The van der Waals surface area contributed by atoms with E-state index in [4.69, 9.17) is 4.74 Å². The van der Waals surface area contributed by atoms with Gasteiger partial charge in [-0.2, -0.15) is 0 Å². The number of methoxy groups -OCH3 is 1. The van der Waals surface area contributed by atoms with E-state index in [1.54, 1.807) is 20.4 Å². The second-order valence-corrected chi connectivity index (χ2v) is 5.85. The molecule has 1 heterocycles. The Hall–Kier alpha value is -1.48. The average molecular weight is 458 g/mol. The van der Waals surface area contributed by atoms with Crippen molar-refractivity contribution in [1.29, 1.82) is 0 Å². The summed E-state index contributed by atoms with van der Waals surface area (Å²) in [5.41, 5.74) is 0.997. The number of hydrogen-bond acceptors (Lipinski definition) is 4. The second kappa shape index (κ2) is 12.0. The minimum atomic E-state index is 0. The van der Waals surface area contributed by atoms with Crippen molar-refractivity contribution in [2.75, 3.05) is 26.5 Å². The van der Waals surface area contributed by atoms with E-state index in [-0.39, 0.29) is 24.0 Å². The van der Waals surface area contributed by atoms with Crippen LogP contribution in [0.4, 0.5) is 0 Å². The van der Waals surface area contributed by atoms with Crippen molar-refractivity contribution in [2.24, 2.45) is 4.99 Å². The van der Waals surface area contributed by atoms with Gasteiger partial charge in [-0.1, -0.05) is 24.3 Å². The molecule has 0 bridgehead atoms. The minimum absolute atomic E-state index is 0. The molecule has 0 saturated heterocycles. The molecule has 0 aliphatic heterocycles. The normalized spacial score (nSPS) is 10.7. The van der Waals surface area contributed by atoms with Crippen molar-refractivity contribution in [2.45, 2.75) is 11.4 Å². The summed E-state index contributed by atoms with van der Waals surface area (Å²) in [5, 5.41) is 6.57. The summed E-state index contributed by atoms with van der Waals surface area (Å²) in [6.07, 6.45) is 1.72. The highest BCUT2D eigenvalue weighted by Crippen LogP contribution is 2.15. The van der Waals surface area contributed by atoms with Gasteiger partial charge in [0, 0.05) is 42.5 Å². The Morgan fingerprint density at radius 3 is 2.67 bits per heavy atom. The molecule has 0 aliphatic carbocycles. The zero-order valence-corrected chi connectivity index (χ0v) is 17.0. The molecule has 2 rings (SSSR count). The molecule has 24 heavy (non-hydrogen) atoms.